The average Bonchev–Trinajstić information content (AvgIpc) is 2.73. The number of pyridine rings is 2. The van der Waals surface area contributed by atoms with Crippen LogP contribution >= 0.6 is 11.6 Å². The monoisotopic (exact) mass is 410 g/mol. The van der Waals surface area contributed by atoms with E-state index in [9.17, 15) is 0 Å². The van der Waals surface area contributed by atoms with Gasteiger partial charge in [-0.3, -0.25) is 0 Å². The van der Waals surface area contributed by atoms with Gasteiger partial charge in [0.15, 0.2) is 5.96 Å². The third-order valence-corrected chi connectivity index (χ3v) is 4.72. The second kappa shape index (κ2) is 10.1. The normalized spacial score (nSPS) is 11.5. The van der Waals surface area contributed by atoms with Crippen LogP contribution in [0.1, 0.15) is 18.1 Å². The van der Waals surface area contributed by atoms with Gasteiger partial charge in [0, 0.05) is 38.8 Å². The number of benzene rings is 1. The van der Waals surface area contributed by atoms with Crippen LogP contribution in [0.3, 0.4) is 0 Å². The predicted octanol–water partition coefficient (Wildman–Crippen LogP) is 3.65. The molecule has 0 spiro atoms. The highest BCUT2D eigenvalue weighted by atomic mass is 35.5. The summed E-state index contributed by atoms with van der Waals surface area (Å²) in [5.41, 5.74) is 3.27. The molecule has 0 unspecified atom stereocenters. The van der Waals surface area contributed by atoms with Crippen LogP contribution in [0.2, 0.25) is 5.15 Å². The summed E-state index contributed by atoms with van der Waals surface area (Å²) in [5, 5.41) is 8.34. The lowest BCUT2D eigenvalue weighted by Crippen LogP contribution is -2.38. The van der Waals surface area contributed by atoms with Gasteiger partial charge in [0.05, 0.1) is 12.1 Å². The van der Waals surface area contributed by atoms with E-state index in [1.165, 1.54) is 0 Å². The predicted molar refractivity (Wildman–Crippen MR) is 122 cm³/mol. The minimum atomic E-state index is 0.512. The molecule has 0 saturated carbocycles. The van der Waals surface area contributed by atoms with Crippen molar-refractivity contribution in [3.63, 3.8) is 0 Å². The molecule has 0 radical (unpaired) electrons. The van der Waals surface area contributed by atoms with Gasteiger partial charge in [-0.25, -0.2) is 15.0 Å². The molecule has 2 aromatic heterocycles. The maximum atomic E-state index is 5.85. The summed E-state index contributed by atoms with van der Waals surface area (Å²) in [4.78, 5) is 15.6. The van der Waals surface area contributed by atoms with Gasteiger partial charge in [-0.15, -0.1) is 0 Å². The number of hydrogen-bond donors (Lipinski definition) is 2. The molecule has 7 heteroatoms. The Bertz CT molecular complexity index is 969. The van der Waals surface area contributed by atoms with E-state index in [0.29, 0.717) is 11.7 Å². The van der Waals surface area contributed by atoms with E-state index in [2.05, 4.69) is 34.7 Å². The maximum absolute atomic E-state index is 5.85. The molecule has 0 aliphatic rings. The summed E-state index contributed by atoms with van der Waals surface area (Å²) in [6, 6.07) is 14.1. The summed E-state index contributed by atoms with van der Waals surface area (Å²) < 4.78 is 0. The molecule has 0 atom stereocenters. The van der Waals surface area contributed by atoms with E-state index in [0.717, 1.165) is 53.3 Å². The van der Waals surface area contributed by atoms with E-state index in [-0.39, 0.29) is 0 Å². The standard InChI is InChI=1S/C22H27ClN6/c1-4-24-22(25-12-11-16-9-10-20(23)26-14-16)27-15-17-13-21(29(2)3)28-19-8-6-5-7-18(17)19/h5-10,13-14H,4,11-12,15H2,1-3H3,(H2,24,25,27). The van der Waals surface area contributed by atoms with Crippen LogP contribution in [0.5, 0.6) is 0 Å². The van der Waals surface area contributed by atoms with E-state index < -0.39 is 0 Å². The Morgan fingerprint density at radius 1 is 1.14 bits per heavy atom. The fourth-order valence-electron chi connectivity index (χ4n) is 2.98. The van der Waals surface area contributed by atoms with Crippen molar-refractivity contribution in [1.29, 1.82) is 0 Å². The Kier molecular flexibility index (Phi) is 7.25. The molecule has 0 aliphatic heterocycles. The number of aliphatic imine (C=N–C) groups is 1. The highest BCUT2D eigenvalue weighted by molar-refractivity contribution is 6.29. The third kappa shape index (κ3) is 5.81. The van der Waals surface area contributed by atoms with Crippen molar-refractivity contribution in [1.82, 2.24) is 20.6 Å². The minimum Gasteiger partial charge on any atom is -0.363 e. The second-order valence-electron chi connectivity index (χ2n) is 6.91. The summed E-state index contributed by atoms with van der Waals surface area (Å²) in [6.07, 6.45) is 2.65. The van der Waals surface area contributed by atoms with Crippen LogP contribution in [0, 0.1) is 0 Å². The van der Waals surface area contributed by atoms with Crippen molar-refractivity contribution in [2.75, 3.05) is 32.1 Å². The first kappa shape index (κ1) is 20.9. The van der Waals surface area contributed by atoms with Crippen molar-refractivity contribution in [3.05, 3.63) is 64.9 Å². The van der Waals surface area contributed by atoms with Gasteiger partial charge in [-0.2, -0.15) is 0 Å². The zero-order chi connectivity index (χ0) is 20.6. The van der Waals surface area contributed by atoms with Crippen LogP contribution in [0.4, 0.5) is 5.82 Å². The molecule has 3 rings (SSSR count). The molecule has 29 heavy (non-hydrogen) atoms. The average molecular weight is 411 g/mol. The Balaban J connectivity index is 1.73. The lowest BCUT2D eigenvalue weighted by Gasteiger charge is -2.15. The zero-order valence-electron chi connectivity index (χ0n) is 17.1. The lowest BCUT2D eigenvalue weighted by atomic mass is 10.1. The van der Waals surface area contributed by atoms with Gasteiger partial charge in [-0.05, 0) is 42.7 Å². The van der Waals surface area contributed by atoms with Crippen molar-refractivity contribution in [2.45, 2.75) is 19.9 Å². The Morgan fingerprint density at radius 3 is 2.69 bits per heavy atom. The molecule has 1 aromatic carbocycles. The number of guanidine groups is 1. The molecular weight excluding hydrogens is 384 g/mol. The van der Waals surface area contributed by atoms with Crippen molar-refractivity contribution in [2.24, 2.45) is 4.99 Å². The number of fused-ring (bicyclic) bond motifs is 1. The first-order valence-electron chi connectivity index (χ1n) is 9.75. The molecule has 3 aromatic rings. The minimum absolute atomic E-state index is 0.512. The van der Waals surface area contributed by atoms with Gasteiger partial charge in [-0.1, -0.05) is 35.9 Å². The van der Waals surface area contributed by atoms with Gasteiger partial charge < -0.3 is 15.5 Å². The lowest BCUT2D eigenvalue weighted by molar-refractivity contribution is 0.798. The van der Waals surface area contributed by atoms with E-state index in [1.807, 2.05) is 49.3 Å². The number of anilines is 1. The highest BCUT2D eigenvalue weighted by Crippen LogP contribution is 2.22. The molecule has 2 heterocycles. The van der Waals surface area contributed by atoms with Crippen molar-refractivity contribution >= 4 is 34.3 Å². The van der Waals surface area contributed by atoms with Crippen LogP contribution in [-0.2, 0) is 13.0 Å². The summed E-state index contributed by atoms with van der Waals surface area (Å²) in [7, 11) is 4.00. The summed E-state index contributed by atoms with van der Waals surface area (Å²) >= 11 is 5.85. The number of halogens is 1. The quantitative estimate of drug-likeness (QED) is 0.353. The molecule has 0 saturated heterocycles. The van der Waals surface area contributed by atoms with Crippen LogP contribution in [0.15, 0.2) is 53.7 Å². The largest absolute Gasteiger partial charge is 0.363 e. The van der Waals surface area contributed by atoms with E-state index in [4.69, 9.17) is 21.6 Å². The van der Waals surface area contributed by atoms with Crippen LogP contribution in [0.25, 0.3) is 10.9 Å². The van der Waals surface area contributed by atoms with Crippen molar-refractivity contribution < 1.29 is 0 Å². The fourth-order valence-corrected chi connectivity index (χ4v) is 3.09. The first-order chi connectivity index (χ1) is 14.1. The molecule has 152 valence electrons. The van der Waals surface area contributed by atoms with Gasteiger partial charge >= 0.3 is 0 Å². The molecule has 2 N–H and O–H groups in total. The Hall–Kier alpha value is -2.86. The van der Waals surface area contributed by atoms with Gasteiger partial charge in [0.25, 0.3) is 0 Å². The molecular formula is C22H27ClN6. The van der Waals surface area contributed by atoms with Crippen LogP contribution < -0.4 is 15.5 Å². The van der Waals surface area contributed by atoms with Gasteiger partial charge in [0.2, 0.25) is 0 Å². The molecule has 0 fully saturated rings. The number of nitrogens with zero attached hydrogens (tertiary/aromatic N) is 4. The molecule has 0 aliphatic carbocycles. The zero-order valence-corrected chi connectivity index (χ0v) is 17.9. The number of aromatic nitrogens is 2. The van der Waals surface area contributed by atoms with E-state index >= 15 is 0 Å². The van der Waals surface area contributed by atoms with Crippen molar-refractivity contribution in [3.8, 4) is 0 Å². The Labute approximate surface area is 177 Å². The van der Waals surface area contributed by atoms with Crippen LogP contribution in [-0.4, -0.2) is 43.1 Å². The smallest absolute Gasteiger partial charge is 0.191 e. The first-order valence-corrected chi connectivity index (χ1v) is 10.1. The summed E-state index contributed by atoms with van der Waals surface area (Å²) in [6.45, 7) is 4.19. The number of nitrogens with one attached hydrogen (secondary N) is 2. The molecule has 0 amide bonds. The Morgan fingerprint density at radius 2 is 1.97 bits per heavy atom. The molecule has 0 bridgehead atoms. The third-order valence-electron chi connectivity index (χ3n) is 4.49. The topological polar surface area (TPSA) is 65.4 Å². The van der Waals surface area contributed by atoms with E-state index in [1.54, 1.807) is 6.20 Å². The fraction of sp³-hybridized carbons (Fsp3) is 0.318. The SMILES string of the molecule is CCNC(=NCc1cc(N(C)C)nc2ccccc12)NCCc1ccc(Cl)nc1. The van der Waals surface area contributed by atoms with Gasteiger partial charge in [0.1, 0.15) is 11.0 Å². The number of rotatable bonds is 7. The maximum Gasteiger partial charge on any atom is 0.191 e. The molecule has 6 nitrogen and oxygen atoms in total. The number of para-hydroxylation sites is 1. The summed E-state index contributed by atoms with van der Waals surface area (Å²) in [5.74, 6) is 1.73. The highest BCUT2D eigenvalue weighted by Gasteiger charge is 2.07. The second-order valence-corrected chi connectivity index (χ2v) is 7.30. The number of hydrogen-bond acceptors (Lipinski definition) is 4.